The van der Waals surface area contributed by atoms with Crippen LogP contribution in [0.5, 0.6) is 0 Å². The number of methoxy groups -OCH3 is 1. The Hall–Kier alpha value is -0.650. The van der Waals surface area contributed by atoms with Crippen molar-refractivity contribution in [1.29, 1.82) is 0 Å². The summed E-state index contributed by atoms with van der Waals surface area (Å²) >= 11 is 0. The van der Waals surface area contributed by atoms with Gasteiger partial charge in [-0.15, -0.1) is 0 Å². The standard InChI is InChI=1S/C21H43NO4/c1-18(2,3)12-25-16-21(8,9)17(23)22-11-19(4,5)14-26-15-20(6,7)13-24-10/h11-16H2,1-10H3,(H,22,23). The Labute approximate surface area is 161 Å². The molecule has 0 aliphatic heterocycles. The molecule has 156 valence electrons. The number of hydrogen-bond donors (Lipinski definition) is 1. The Morgan fingerprint density at radius 3 is 1.73 bits per heavy atom. The molecule has 0 radical (unpaired) electrons. The largest absolute Gasteiger partial charge is 0.384 e. The van der Waals surface area contributed by atoms with Crippen LogP contribution in [-0.4, -0.2) is 52.6 Å². The lowest BCUT2D eigenvalue weighted by Crippen LogP contribution is -2.45. The van der Waals surface area contributed by atoms with Crippen molar-refractivity contribution in [2.24, 2.45) is 21.7 Å². The SMILES string of the molecule is COCC(C)(C)COCC(C)(C)CNC(=O)C(C)(C)COCC(C)(C)C. The second kappa shape index (κ2) is 10.0. The van der Waals surface area contributed by atoms with E-state index >= 15 is 0 Å². The lowest BCUT2D eigenvalue weighted by molar-refractivity contribution is -0.134. The van der Waals surface area contributed by atoms with Crippen LogP contribution in [0.4, 0.5) is 0 Å². The monoisotopic (exact) mass is 373 g/mol. The molecule has 0 aromatic carbocycles. The predicted octanol–water partition coefficient (Wildman–Crippen LogP) is 3.91. The molecular weight excluding hydrogens is 330 g/mol. The zero-order valence-electron chi connectivity index (χ0n) is 18.9. The number of rotatable bonds is 12. The van der Waals surface area contributed by atoms with Crippen molar-refractivity contribution in [1.82, 2.24) is 5.32 Å². The molecule has 0 atom stereocenters. The molecule has 1 amide bonds. The van der Waals surface area contributed by atoms with Crippen LogP contribution in [0.15, 0.2) is 0 Å². The molecule has 5 heteroatoms. The summed E-state index contributed by atoms with van der Waals surface area (Å²) in [5.41, 5.74) is -0.604. The van der Waals surface area contributed by atoms with Gasteiger partial charge in [0.25, 0.3) is 0 Å². The summed E-state index contributed by atoms with van der Waals surface area (Å²) in [5.74, 6) is 0.0131. The van der Waals surface area contributed by atoms with Gasteiger partial charge in [0, 0.05) is 24.5 Å². The summed E-state index contributed by atoms with van der Waals surface area (Å²) in [5, 5.41) is 3.06. The van der Waals surface area contributed by atoms with Crippen molar-refractivity contribution >= 4 is 5.91 Å². The van der Waals surface area contributed by atoms with Gasteiger partial charge in [-0.05, 0) is 19.3 Å². The molecule has 0 fully saturated rings. The molecule has 0 rings (SSSR count). The molecule has 0 bridgehead atoms. The van der Waals surface area contributed by atoms with Crippen molar-refractivity contribution in [3.05, 3.63) is 0 Å². The fourth-order valence-corrected chi connectivity index (χ4v) is 2.32. The smallest absolute Gasteiger partial charge is 0.228 e. The predicted molar refractivity (Wildman–Crippen MR) is 107 cm³/mol. The van der Waals surface area contributed by atoms with Gasteiger partial charge in [0.1, 0.15) is 0 Å². The summed E-state index contributed by atoms with van der Waals surface area (Å²) in [7, 11) is 1.70. The van der Waals surface area contributed by atoms with E-state index in [2.05, 4.69) is 53.8 Å². The molecule has 26 heavy (non-hydrogen) atoms. The highest BCUT2D eigenvalue weighted by Crippen LogP contribution is 2.22. The minimum absolute atomic E-state index is 0.0131. The fourth-order valence-electron chi connectivity index (χ4n) is 2.32. The number of hydrogen-bond acceptors (Lipinski definition) is 4. The summed E-state index contributed by atoms with van der Waals surface area (Å²) < 4.78 is 16.8. The van der Waals surface area contributed by atoms with Gasteiger partial charge >= 0.3 is 0 Å². The lowest BCUT2D eigenvalue weighted by Gasteiger charge is -2.31. The van der Waals surface area contributed by atoms with Crippen LogP contribution in [-0.2, 0) is 19.0 Å². The van der Waals surface area contributed by atoms with Crippen LogP contribution in [0.2, 0.25) is 0 Å². The Balaban J connectivity index is 4.32. The maximum Gasteiger partial charge on any atom is 0.228 e. The van der Waals surface area contributed by atoms with Gasteiger partial charge in [-0.25, -0.2) is 0 Å². The van der Waals surface area contributed by atoms with Crippen LogP contribution >= 0.6 is 0 Å². The number of amides is 1. The van der Waals surface area contributed by atoms with Gasteiger partial charge in [-0.2, -0.15) is 0 Å². The minimum atomic E-state index is -0.553. The molecule has 5 nitrogen and oxygen atoms in total. The van der Waals surface area contributed by atoms with Crippen LogP contribution in [0.25, 0.3) is 0 Å². The van der Waals surface area contributed by atoms with Crippen LogP contribution in [0.1, 0.15) is 62.3 Å². The van der Waals surface area contributed by atoms with Crippen LogP contribution in [0.3, 0.4) is 0 Å². The second-order valence-electron chi connectivity index (χ2n) is 10.9. The van der Waals surface area contributed by atoms with E-state index in [-0.39, 0.29) is 22.2 Å². The van der Waals surface area contributed by atoms with Crippen molar-refractivity contribution < 1.29 is 19.0 Å². The molecule has 0 unspecified atom stereocenters. The van der Waals surface area contributed by atoms with Crippen molar-refractivity contribution in [3.63, 3.8) is 0 Å². The van der Waals surface area contributed by atoms with Crippen molar-refractivity contribution in [3.8, 4) is 0 Å². The number of carbonyl (C=O) groups is 1. The quantitative estimate of drug-likeness (QED) is 0.563. The van der Waals surface area contributed by atoms with E-state index in [0.717, 1.165) is 0 Å². The first-order valence-electron chi connectivity index (χ1n) is 9.53. The molecular formula is C21H43NO4. The maximum absolute atomic E-state index is 12.5. The normalized spacial score (nSPS) is 13.8. The molecule has 0 saturated carbocycles. The lowest BCUT2D eigenvalue weighted by atomic mass is 9.90. The highest BCUT2D eigenvalue weighted by Gasteiger charge is 2.30. The molecule has 0 aromatic rings. The van der Waals surface area contributed by atoms with Gasteiger partial charge in [-0.3, -0.25) is 4.79 Å². The topological polar surface area (TPSA) is 56.8 Å². The fraction of sp³-hybridized carbons (Fsp3) is 0.952. The van der Waals surface area contributed by atoms with E-state index < -0.39 is 5.41 Å². The number of nitrogens with one attached hydrogen (secondary N) is 1. The molecule has 0 heterocycles. The summed E-state index contributed by atoms with van der Waals surface area (Å²) in [4.78, 5) is 12.5. The Kier molecular flexibility index (Phi) is 9.80. The Morgan fingerprint density at radius 1 is 0.731 bits per heavy atom. The van der Waals surface area contributed by atoms with Gasteiger partial charge in [0.2, 0.25) is 5.91 Å². The summed E-state index contributed by atoms with van der Waals surface area (Å²) in [6, 6.07) is 0. The summed E-state index contributed by atoms with van der Waals surface area (Å²) in [6.07, 6.45) is 0. The molecule has 0 saturated heterocycles. The number of carbonyl (C=O) groups excluding carboxylic acids is 1. The van der Waals surface area contributed by atoms with E-state index in [1.54, 1.807) is 7.11 Å². The minimum Gasteiger partial charge on any atom is -0.384 e. The molecule has 0 aliphatic rings. The van der Waals surface area contributed by atoms with Crippen LogP contribution < -0.4 is 5.32 Å². The first-order valence-corrected chi connectivity index (χ1v) is 9.53. The van der Waals surface area contributed by atoms with E-state index in [0.29, 0.717) is 39.6 Å². The third-order valence-corrected chi connectivity index (χ3v) is 3.86. The van der Waals surface area contributed by atoms with Crippen LogP contribution in [0, 0.1) is 21.7 Å². The molecule has 0 aliphatic carbocycles. The molecule has 1 N–H and O–H groups in total. The number of ether oxygens (including phenoxy) is 3. The van der Waals surface area contributed by atoms with Crippen molar-refractivity contribution in [2.45, 2.75) is 62.3 Å². The zero-order valence-corrected chi connectivity index (χ0v) is 18.9. The molecule has 0 spiro atoms. The third-order valence-electron chi connectivity index (χ3n) is 3.86. The summed E-state index contributed by atoms with van der Waals surface area (Å²) in [6.45, 7) is 22.1. The van der Waals surface area contributed by atoms with Crippen molar-refractivity contribution in [2.75, 3.05) is 46.7 Å². The van der Waals surface area contributed by atoms with Gasteiger partial charge in [0.15, 0.2) is 0 Å². The van der Waals surface area contributed by atoms with Gasteiger partial charge in [-0.1, -0.05) is 48.5 Å². The van der Waals surface area contributed by atoms with Gasteiger partial charge in [0.05, 0.1) is 38.4 Å². The van der Waals surface area contributed by atoms with E-state index in [1.807, 2.05) is 13.8 Å². The molecule has 0 aromatic heterocycles. The van der Waals surface area contributed by atoms with E-state index in [9.17, 15) is 4.79 Å². The van der Waals surface area contributed by atoms with E-state index in [4.69, 9.17) is 14.2 Å². The van der Waals surface area contributed by atoms with E-state index in [1.165, 1.54) is 0 Å². The Bertz CT molecular complexity index is 422. The average Bonchev–Trinajstić information content (AvgIpc) is 2.42. The first-order chi connectivity index (χ1) is 11.6. The van der Waals surface area contributed by atoms with Gasteiger partial charge < -0.3 is 19.5 Å². The third kappa shape index (κ3) is 11.9. The first kappa shape index (κ1) is 25.4. The second-order valence-corrected chi connectivity index (χ2v) is 10.9. The average molecular weight is 374 g/mol. The highest BCUT2D eigenvalue weighted by molar-refractivity contribution is 5.81. The maximum atomic E-state index is 12.5. The highest BCUT2D eigenvalue weighted by atomic mass is 16.5. The zero-order chi connectivity index (χ0) is 20.6. The Morgan fingerprint density at radius 2 is 1.23 bits per heavy atom.